The second-order valence-corrected chi connectivity index (χ2v) is 4.83. The van der Waals surface area contributed by atoms with Gasteiger partial charge in [0.1, 0.15) is 0 Å². The Morgan fingerprint density at radius 1 is 1.33 bits per heavy atom. The molecule has 1 atom stereocenters. The SMILES string of the molecule is CCCC(CC)c1cccc2scnc12. The number of para-hydroxylation sites is 1. The van der Waals surface area contributed by atoms with Crippen molar-refractivity contribution in [2.75, 3.05) is 0 Å². The van der Waals surface area contributed by atoms with Gasteiger partial charge in [0.2, 0.25) is 0 Å². The molecule has 0 bridgehead atoms. The van der Waals surface area contributed by atoms with Crippen LogP contribution in [0.3, 0.4) is 0 Å². The van der Waals surface area contributed by atoms with Crippen LogP contribution in [0, 0.1) is 0 Å². The van der Waals surface area contributed by atoms with Crippen molar-refractivity contribution in [2.24, 2.45) is 0 Å². The maximum Gasteiger partial charge on any atom is 0.0846 e. The van der Waals surface area contributed by atoms with E-state index < -0.39 is 0 Å². The Balaban J connectivity index is 2.44. The molecule has 0 aliphatic rings. The van der Waals surface area contributed by atoms with E-state index in [4.69, 9.17) is 0 Å². The molecule has 80 valence electrons. The zero-order valence-corrected chi connectivity index (χ0v) is 10.2. The predicted molar refractivity (Wildman–Crippen MR) is 67.6 cm³/mol. The first-order valence-corrected chi connectivity index (χ1v) is 6.56. The van der Waals surface area contributed by atoms with E-state index in [2.05, 4.69) is 37.0 Å². The van der Waals surface area contributed by atoms with E-state index >= 15 is 0 Å². The van der Waals surface area contributed by atoms with Crippen LogP contribution in [0.1, 0.15) is 44.6 Å². The van der Waals surface area contributed by atoms with Crippen LogP contribution in [0.15, 0.2) is 23.7 Å². The zero-order valence-electron chi connectivity index (χ0n) is 9.36. The maximum atomic E-state index is 4.49. The van der Waals surface area contributed by atoms with Gasteiger partial charge in [-0.25, -0.2) is 4.98 Å². The smallest absolute Gasteiger partial charge is 0.0846 e. The molecule has 0 aliphatic heterocycles. The van der Waals surface area contributed by atoms with Crippen LogP contribution in [0.5, 0.6) is 0 Å². The van der Waals surface area contributed by atoms with E-state index in [1.165, 1.54) is 35.0 Å². The molecule has 2 rings (SSSR count). The highest BCUT2D eigenvalue weighted by Gasteiger charge is 2.12. The minimum atomic E-state index is 0.681. The third-order valence-electron chi connectivity index (χ3n) is 2.96. The molecule has 0 radical (unpaired) electrons. The minimum Gasteiger partial charge on any atom is -0.244 e. The van der Waals surface area contributed by atoms with Gasteiger partial charge in [-0.15, -0.1) is 11.3 Å². The lowest BCUT2D eigenvalue weighted by molar-refractivity contribution is 0.599. The average molecular weight is 219 g/mol. The van der Waals surface area contributed by atoms with Crippen LogP contribution in [0.4, 0.5) is 0 Å². The molecule has 1 aromatic carbocycles. The number of hydrogen-bond acceptors (Lipinski definition) is 2. The Kier molecular flexibility index (Phi) is 3.37. The highest BCUT2D eigenvalue weighted by Crippen LogP contribution is 2.31. The third-order valence-corrected chi connectivity index (χ3v) is 3.76. The van der Waals surface area contributed by atoms with Gasteiger partial charge in [0, 0.05) is 0 Å². The number of hydrogen-bond donors (Lipinski definition) is 0. The minimum absolute atomic E-state index is 0.681. The van der Waals surface area contributed by atoms with E-state index in [9.17, 15) is 0 Å². The molecule has 0 spiro atoms. The summed E-state index contributed by atoms with van der Waals surface area (Å²) < 4.78 is 1.32. The van der Waals surface area contributed by atoms with Crippen molar-refractivity contribution in [3.63, 3.8) is 0 Å². The van der Waals surface area contributed by atoms with Crippen molar-refractivity contribution in [2.45, 2.75) is 39.0 Å². The average Bonchev–Trinajstić information content (AvgIpc) is 2.73. The van der Waals surface area contributed by atoms with Crippen molar-refractivity contribution in [1.82, 2.24) is 4.98 Å². The van der Waals surface area contributed by atoms with Crippen LogP contribution >= 0.6 is 11.3 Å². The molecule has 0 fully saturated rings. The highest BCUT2D eigenvalue weighted by molar-refractivity contribution is 7.16. The fraction of sp³-hybridized carbons (Fsp3) is 0.462. The molecule has 2 heteroatoms. The molecule has 0 saturated carbocycles. The van der Waals surface area contributed by atoms with Crippen LogP contribution in [-0.2, 0) is 0 Å². The molecule has 0 saturated heterocycles. The van der Waals surface area contributed by atoms with Gasteiger partial charge < -0.3 is 0 Å². The first-order valence-electron chi connectivity index (χ1n) is 5.69. The number of fused-ring (bicyclic) bond motifs is 1. The largest absolute Gasteiger partial charge is 0.244 e. The Labute approximate surface area is 95.2 Å². The summed E-state index contributed by atoms with van der Waals surface area (Å²) >= 11 is 1.74. The predicted octanol–water partition coefficient (Wildman–Crippen LogP) is 4.59. The summed E-state index contributed by atoms with van der Waals surface area (Å²) in [5, 5.41) is 0. The summed E-state index contributed by atoms with van der Waals surface area (Å²) in [7, 11) is 0. The molecule has 15 heavy (non-hydrogen) atoms. The molecule has 1 heterocycles. The van der Waals surface area contributed by atoms with Gasteiger partial charge in [0.25, 0.3) is 0 Å². The Hall–Kier alpha value is -0.890. The van der Waals surface area contributed by atoms with E-state index in [1.54, 1.807) is 11.3 Å². The second kappa shape index (κ2) is 4.75. The molecular formula is C13H17NS. The van der Waals surface area contributed by atoms with Crippen LogP contribution in [-0.4, -0.2) is 4.98 Å². The molecule has 0 amide bonds. The van der Waals surface area contributed by atoms with Crippen LogP contribution in [0.25, 0.3) is 10.2 Å². The fourth-order valence-electron chi connectivity index (χ4n) is 2.17. The van der Waals surface area contributed by atoms with E-state index in [1.807, 2.05) is 5.51 Å². The van der Waals surface area contributed by atoms with Crippen molar-refractivity contribution in [3.05, 3.63) is 29.3 Å². The molecule has 0 N–H and O–H groups in total. The summed E-state index contributed by atoms with van der Waals surface area (Å²) in [6.07, 6.45) is 3.73. The first-order chi connectivity index (χ1) is 7.36. The number of aromatic nitrogens is 1. The monoisotopic (exact) mass is 219 g/mol. The highest BCUT2D eigenvalue weighted by atomic mass is 32.1. The van der Waals surface area contributed by atoms with E-state index in [0.29, 0.717) is 5.92 Å². The third kappa shape index (κ3) is 2.05. The lowest BCUT2D eigenvalue weighted by Crippen LogP contribution is -1.97. The zero-order chi connectivity index (χ0) is 10.7. The van der Waals surface area contributed by atoms with Gasteiger partial charge in [-0.2, -0.15) is 0 Å². The summed E-state index contributed by atoms with van der Waals surface area (Å²) in [5.41, 5.74) is 4.62. The summed E-state index contributed by atoms with van der Waals surface area (Å²) in [5.74, 6) is 0.681. The Morgan fingerprint density at radius 2 is 2.20 bits per heavy atom. The number of benzene rings is 1. The first kappa shape index (κ1) is 10.6. The summed E-state index contributed by atoms with van der Waals surface area (Å²) in [6, 6.07) is 6.56. The maximum absolute atomic E-state index is 4.49. The van der Waals surface area contributed by atoms with Crippen LogP contribution < -0.4 is 0 Å². The van der Waals surface area contributed by atoms with Gasteiger partial charge in [-0.05, 0) is 30.4 Å². The standard InChI is InChI=1S/C13H17NS/c1-3-6-10(4-2)11-7-5-8-12-13(11)14-9-15-12/h5,7-10H,3-4,6H2,1-2H3. The molecule has 1 aromatic heterocycles. The van der Waals surface area contributed by atoms with Crippen LogP contribution in [0.2, 0.25) is 0 Å². The quantitative estimate of drug-likeness (QED) is 0.733. The van der Waals surface area contributed by atoms with Gasteiger partial charge in [-0.1, -0.05) is 32.4 Å². The van der Waals surface area contributed by atoms with Crippen molar-refractivity contribution < 1.29 is 0 Å². The molecular weight excluding hydrogens is 202 g/mol. The Morgan fingerprint density at radius 3 is 2.93 bits per heavy atom. The topological polar surface area (TPSA) is 12.9 Å². The second-order valence-electron chi connectivity index (χ2n) is 3.94. The fourth-order valence-corrected chi connectivity index (χ4v) is 2.88. The molecule has 1 unspecified atom stereocenters. The van der Waals surface area contributed by atoms with Gasteiger partial charge in [0.15, 0.2) is 0 Å². The Bertz CT molecular complexity index is 433. The summed E-state index contributed by atoms with van der Waals surface area (Å²) in [6.45, 7) is 4.52. The van der Waals surface area contributed by atoms with Gasteiger partial charge in [-0.3, -0.25) is 0 Å². The van der Waals surface area contributed by atoms with Crippen molar-refractivity contribution in [1.29, 1.82) is 0 Å². The van der Waals surface area contributed by atoms with Gasteiger partial charge >= 0.3 is 0 Å². The van der Waals surface area contributed by atoms with E-state index in [0.717, 1.165) is 0 Å². The van der Waals surface area contributed by atoms with E-state index in [-0.39, 0.29) is 0 Å². The lowest BCUT2D eigenvalue weighted by Gasteiger charge is -2.14. The van der Waals surface area contributed by atoms with Crippen molar-refractivity contribution >= 4 is 21.6 Å². The lowest BCUT2D eigenvalue weighted by atomic mass is 9.91. The molecule has 1 nitrogen and oxygen atoms in total. The number of thiazole rings is 1. The molecule has 2 aromatic rings. The number of rotatable bonds is 4. The summed E-state index contributed by atoms with van der Waals surface area (Å²) in [4.78, 5) is 4.49. The van der Waals surface area contributed by atoms with Gasteiger partial charge in [0.05, 0.1) is 15.7 Å². The number of nitrogens with zero attached hydrogens (tertiary/aromatic N) is 1. The molecule has 0 aliphatic carbocycles. The normalized spacial score (nSPS) is 13.2. The van der Waals surface area contributed by atoms with Crippen molar-refractivity contribution in [3.8, 4) is 0 Å².